The summed E-state index contributed by atoms with van der Waals surface area (Å²) in [6, 6.07) is 9.68. The number of carbonyl (C=O) groups is 2. The van der Waals surface area contributed by atoms with Crippen molar-refractivity contribution in [2.45, 2.75) is 24.3 Å². The fraction of sp³-hybridized carbons (Fsp3) is 0.222. The maximum Gasteiger partial charge on any atom is 0.307 e. The number of benzene rings is 2. The fourth-order valence-electron chi connectivity index (χ4n) is 2.08. The summed E-state index contributed by atoms with van der Waals surface area (Å²) in [5.74, 6) is -3.44. The van der Waals surface area contributed by atoms with E-state index >= 15 is 0 Å². The number of esters is 1. The monoisotopic (exact) mass is 397 g/mol. The SMILES string of the molecule is C[C@H](OC(=O)CCS(=O)(=O)c1ccc(F)cc1)C(=O)Nc1ccccc1F. The van der Waals surface area contributed by atoms with Gasteiger partial charge in [0.1, 0.15) is 11.6 Å². The second-order valence-electron chi connectivity index (χ2n) is 5.62. The van der Waals surface area contributed by atoms with Crippen LogP contribution in [0.1, 0.15) is 13.3 Å². The fourth-order valence-corrected chi connectivity index (χ4v) is 3.31. The molecule has 1 amide bonds. The number of hydrogen-bond donors (Lipinski definition) is 1. The van der Waals surface area contributed by atoms with Gasteiger partial charge in [0.05, 0.1) is 22.8 Å². The second-order valence-corrected chi connectivity index (χ2v) is 7.73. The molecule has 6 nitrogen and oxygen atoms in total. The summed E-state index contributed by atoms with van der Waals surface area (Å²) in [6.07, 6.45) is -1.73. The number of hydrogen-bond acceptors (Lipinski definition) is 5. The number of para-hydroxylation sites is 1. The molecule has 0 fully saturated rings. The molecule has 9 heteroatoms. The van der Waals surface area contributed by atoms with Crippen LogP contribution in [0.3, 0.4) is 0 Å². The van der Waals surface area contributed by atoms with Crippen LogP contribution in [0.2, 0.25) is 0 Å². The van der Waals surface area contributed by atoms with E-state index in [-0.39, 0.29) is 10.6 Å². The molecule has 0 bridgehead atoms. The summed E-state index contributed by atoms with van der Waals surface area (Å²) in [5.41, 5.74) is -0.0655. The van der Waals surface area contributed by atoms with Crippen molar-refractivity contribution in [1.29, 1.82) is 0 Å². The number of amides is 1. The Kier molecular flexibility index (Phi) is 6.62. The predicted molar refractivity (Wildman–Crippen MR) is 93.7 cm³/mol. The average molecular weight is 397 g/mol. The van der Waals surface area contributed by atoms with Gasteiger partial charge in [-0.25, -0.2) is 17.2 Å². The van der Waals surface area contributed by atoms with Crippen LogP contribution in [-0.2, 0) is 24.2 Å². The van der Waals surface area contributed by atoms with Crippen LogP contribution in [0.5, 0.6) is 0 Å². The highest BCUT2D eigenvalue weighted by Gasteiger charge is 2.22. The summed E-state index contributed by atoms with van der Waals surface area (Å²) in [4.78, 5) is 23.6. The van der Waals surface area contributed by atoms with Crippen LogP contribution >= 0.6 is 0 Å². The minimum absolute atomic E-state index is 0.0655. The van der Waals surface area contributed by atoms with E-state index in [1.54, 1.807) is 0 Å². The van der Waals surface area contributed by atoms with Crippen LogP contribution < -0.4 is 5.32 Å². The minimum Gasteiger partial charge on any atom is -0.453 e. The molecule has 1 atom stereocenters. The average Bonchev–Trinajstić information content (AvgIpc) is 2.62. The molecular formula is C18H17F2NO5S. The number of halogens is 2. The predicted octanol–water partition coefficient (Wildman–Crippen LogP) is 2.70. The van der Waals surface area contributed by atoms with Gasteiger partial charge in [0, 0.05) is 0 Å². The molecule has 2 aromatic carbocycles. The van der Waals surface area contributed by atoms with Gasteiger partial charge >= 0.3 is 5.97 Å². The van der Waals surface area contributed by atoms with Crippen LogP contribution in [0.4, 0.5) is 14.5 Å². The topological polar surface area (TPSA) is 89.5 Å². The molecule has 0 aliphatic rings. The molecule has 0 radical (unpaired) electrons. The van der Waals surface area contributed by atoms with Crippen LogP contribution in [0.25, 0.3) is 0 Å². The highest BCUT2D eigenvalue weighted by Crippen LogP contribution is 2.15. The summed E-state index contributed by atoms with van der Waals surface area (Å²) in [5, 5.41) is 2.27. The van der Waals surface area contributed by atoms with Crippen molar-refractivity contribution in [3.8, 4) is 0 Å². The van der Waals surface area contributed by atoms with Crippen molar-refractivity contribution in [3.63, 3.8) is 0 Å². The summed E-state index contributed by atoms with van der Waals surface area (Å²) < 4.78 is 55.4. The van der Waals surface area contributed by atoms with Gasteiger partial charge in [0.2, 0.25) is 0 Å². The number of sulfone groups is 1. The number of ether oxygens (including phenoxy) is 1. The molecular weight excluding hydrogens is 380 g/mol. The molecule has 0 saturated carbocycles. The third-order valence-corrected chi connectivity index (χ3v) is 5.29. The van der Waals surface area contributed by atoms with Crippen molar-refractivity contribution in [2.24, 2.45) is 0 Å². The first-order valence-corrected chi connectivity index (χ1v) is 9.57. The molecule has 0 aliphatic heterocycles. The molecule has 0 heterocycles. The Balaban J connectivity index is 1.88. The molecule has 0 saturated heterocycles. The zero-order valence-corrected chi connectivity index (χ0v) is 15.1. The van der Waals surface area contributed by atoms with Gasteiger partial charge in [0.25, 0.3) is 5.91 Å². The standard InChI is InChI=1S/C18H17F2NO5S/c1-12(18(23)21-16-5-3-2-4-15(16)20)26-17(22)10-11-27(24,25)14-8-6-13(19)7-9-14/h2-9,12H,10-11H2,1H3,(H,21,23)/t12-/m0/s1. The first-order valence-electron chi connectivity index (χ1n) is 7.92. The van der Waals surface area contributed by atoms with Gasteiger partial charge in [-0.2, -0.15) is 0 Å². The Labute approximate surface area is 155 Å². The number of carbonyl (C=O) groups excluding carboxylic acids is 2. The maximum atomic E-state index is 13.5. The Hall–Kier alpha value is -2.81. The van der Waals surface area contributed by atoms with E-state index < -0.39 is 51.6 Å². The highest BCUT2D eigenvalue weighted by atomic mass is 32.2. The zero-order chi connectivity index (χ0) is 20.0. The van der Waals surface area contributed by atoms with E-state index in [4.69, 9.17) is 4.74 Å². The molecule has 0 unspecified atom stereocenters. The van der Waals surface area contributed by atoms with Crippen molar-refractivity contribution in [2.75, 3.05) is 11.1 Å². The lowest BCUT2D eigenvalue weighted by Gasteiger charge is -2.14. The molecule has 0 aromatic heterocycles. The molecule has 2 aromatic rings. The van der Waals surface area contributed by atoms with Gasteiger partial charge in [-0.05, 0) is 43.3 Å². The van der Waals surface area contributed by atoms with E-state index in [2.05, 4.69) is 5.32 Å². The van der Waals surface area contributed by atoms with E-state index in [1.807, 2.05) is 0 Å². The van der Waals surface area contributed by atoms with Crippen LogP contribution in [0.15, 0.2) is 53.4 Å². The first kappa shape index (κ1) is 20.5. The summed E-state index contributed by atoms with van der Waals surface area (Å²) in [7, 11) is -3.80. The molecule has 144 valence electrons. The van der Waals surface area contributed by atoms with Gasteiger partial charge in [0.15, 0.2) is 15.9 Å². The van der Waals surface area contributed by atoms with Crippen LogP contribution in [-0.4, -0.2) is 32.2 Å². The quantitative estimate of drug-likeness (QED) is 0.573. The molecule has 0 spiro atoms. The van der Waals surface area contributed by atoms with E-state index in [1.165, 1.54) is 25.1 Å². The zero-order valence-electron chi connectivity index (χ0n) is 14.3. The third kappa shape index (κ3) is 5.85. The molecule has 27 heavy (non-hydrogen) atoms. The van der Waals surface area contributed by atoms with Gasteiger partial charge in [-0.1, -0.05) is 12.1 Å². The number of rotatable bonds is 7. The van der Waals surface area contributed by atoms with Gasteiger partial charge in [-0.3, -0.25) is 9.59 Å². The van der Waals surface area contributed by atoms with E-state index in [0.717, 1.165) is 30.3 Å². The minimum atomic E-state index is -3.80. The Bertz CT molecular complexity index is 929. The largest absolute Gasteiger partial charge is 0.453 e. The Morgan fingerprint density at radius 3 is 2.33 bits per heavy atom. The van der Waals surface area contributed by atoms with E-state index in [9.17, 15) is 26.8 Å². The number of anilines is 1. The molecule has 2 rings (SSSR count). The lowest BCUT2D eigenvalue weighted by molar-refractivity contribution is -0.152. The third-order valence-electron chi connectivity index (χ3n) is 3.56. The first-order chi connectivity index (χ1) is 12.7. The second kappa shape index (κ2) is 8.72. The van der Waals surface area contributed by atoms with Crippen molar-refractivity contribution >= 4 is 27.4 Å². The Morgan fingerprint density at radius 2 is 1.70 bits per heavy atom. The van der Waals surface area contributed by atoms with Crippen molar-refractivity contribution in [1.82, 2.24) is 0 Å². The number of nitrogens with one attached hydrogen (secondary N) is 1. The van der Waals surface area contributed by atoms with Crippen molar-refractivity contribution in [3.05, 3.63) is 60.2 Å². The molecule has 0 aliphatic carbocycles. The van der Waals surface area contributed by atoms with E-state index in [0.29, 0.717) is 0 Å². The molecule has 1 N–H and O–H groups in total. The Morgan fingerprint density at radius 1 is 1.07 bits per heavy atom. The summed E-state index contributed by atoms with van der Waals surface area (Å²) >= 11 is 0. The normalized spacial score (nSPS) is 12.3. The van der Waals surface area contributed by atoms with Gasteiger partial charge in [-0.15, -0.1) is 0 Å². The van der Waals surface area contributed by atoms with Gasteiger partial charge < -0.3 is 10.1 Å². The summed E-state index contributed by atoms with van der Waals surface area (Å²) in [6.45, 7) is 1.28. The lowest BCUT2D eigenvalue weighted by atomic mass is 10.3. The smallest absolute Gasteiger partial charge is 0.307 e. The lowest BCUT2D eigenvalue weighted by Crippen LogP contribution is -2.30. The van der Waals surface area contributed by atoms with Crippen LogP contribution in [0, 0.1) is 11.6 Å². The highest BCUT2D eigenvalue weighted by molar-refractivity contribution is 7.91. The van der Waals surface area contributed by atoms with Crippen molar-refractivity contribution < 1.29 is 31.5 Å². The maximum absolute atomic E-state index is 13.5.